The number of hydrogen-bond donors (Lipinski definition) is 1. The van der Waals surface area contributed by atoms with Crippen molar-refractivity contribution in [2.45, 2.75) is 78.3 Å². The van der Waals surface area contributed by atoms with Gasteiger partial charge in [0.05, 0.1) is 0 Å². The summed E-state index contributed by atoms with van der Waals surface area (Å²) in [5.74, 6) is 1.25. The SMILES string of the molecule is CCCn1ccnc1CC(NCC)C1(C)CCCCC1. The Morgan fingerprint density at radius 1 is 1.30 bits per heavy atom. The van der Waals surface area contributed by atoms with Crippen LogP contribution in [-0.4, -0.2) is 22.1 Å². The number of hydrogen-bond acceptors (Lipinski definition) is 2. The van der Waals surface area contributed by atoms with Crippen LogP contribution in [0.4, 0.5) is 0 Å². The van der Waals surface area contributed by atoms with Gasteiger partial charge >= 0.3 is 0 Å². The molecule has 1 aliphatic carbocycles. The molecular formula is C17H31N3. The van der Waals surface area contributed by atoms with Crippen LogP contribution in [0.25, 0.3) is 0 Å². The van der Waals surface area contributed by atoms with Crippen molar-refractivity contribution in [2.24, 2.45) is 5.41 Å². The Morgan fingerprint density at radius 3 is 2.70 bits per heavy atom. The van der Waals surface area contributed by atoms with Gasteiger partial charge in [-0.15, -0.1) is 0 Å². The van der Waals surface area contributed by atoms with Crippen molar-refractivity contribution >= 4 is 0 Å². The van der Waals surface area contributed by atoms with Crippen LogP contribution < -0.4 is 5.32 Å². The molecule has 1 aliphatic rings. The zero-order valence-electron chi connectivity index (χ0n) is 13.5. The summed E-state index contributed by atoms with van der Waals surface area (Å²) in [6.07, 6.45) is 13.2. The fourth-order valence-corrected chi connectivity index (χ4v) is 3.68. The second-order valence-electron chi connectivity index (χ2n) is 6.57. The third-order valence-electron chi connectivity index (χ3n) is 4.94. The number of aromatic nitrogens is 2. The number of nitrogens with zero attached hydrogens (tertiary/aromatic N) is 2. The van der Waals surface area contributed by atoms with E-state index in [9.17, 15) is 0 Å². The second kappa shape index (κ2) is 7.26. The molecule has 0 bridgehead atoms. The van der Waals surface area contributed by atoms with Crippen LogP contribution in [-0.2, 0) is 13.0 Å². The Labute approximate surface area is 124 Å². The van der Waals surface area contributed by atoms with Crippen LogP contribution in [0.15, 0.2) is 12.4 Å². The number of imidazole rings is 1. The third-order valence-corrected chi connectivity index (χ3v) is 4.94. The molecule has 2 rings (SSSR count). The van der Waals surface area contributed by atoms with Crippen molar-refractivity contribution in [1.82, 2.24) is 14.9 Å². The molecular weight excluding hydrogens is 246 g/mol. The van der Waals surface area contributed by atoms with E-state index in [1.807, 2.05) is 6.20 Å². The van der Waals surface area contributed by atoms with Crippen molar-refractivity contribution in [1.29, 1.82) is 0 Å². The van der Waals surface area contributed by atoms with E-state index in [0.29, 0.717) is 11.5 Å². The molecule has 1 aromatic heterocycles. The molecule has 0 spiro atoms. The van der Waals surface area contributed by atoms with Crippen LogP contribution in [0, 0.1) is 5.41 Å². The van der Waals surface area contributed by atoms with Gasteiger partial charge in [0.2, 0.25) is 0 Å². The summed E-state index contributed by atoms with van der Waals surface area (Å²) in [7, 11) is 0. The van der Waals surface area contributed by atoms with Gasteiger partial charge in [0, 0.05) is 31.4 Å². The first-order valence-electron chi connectivity index (χ1n) is 8.43. The number of aryl methyl sites for hydroxylation is 1. The quantitative estimate of drug-likeness (QED) is 0.822. The molecule has 3 nitrogen and oxygen atoms in total. The van der Waals surface area contributed by atoms with Gasteiger partial charge in [-0.05, 0) is 31.2 Å². The van der Waals surface area contributed by atoms with E-state index in [-0.39, 0.29) is 0 Å². The van der Waals surface area contributed by atoms with Gasteiger partial charge in [0.1, 0.15) is 5.82 Å². The summed E-state index contributed by atoms with van der Waals surface area (Å²) < 4.78 is 2.33. The zero-order chi connectivity index (χ0) is 14.4. The Bertz CT molecular complexity index is 391. The molecule has 0 amide bonds. The van der Waals surface area contributed by atoms with Gasteiger partial charge in [-0.25, -0.2) is 4.98 Å². The number of likely N-dealkylation sites (N-methyl/N-ethyl adjacent to an activating group) is 1. The van der Waals surface area contributed by atoms with Gasteiger partial charge < -0.3 is 9.88 Å². The summed E-state index contributed by atoms with van der Waals surface area (Å²) in [5, 5.41) is 3.75. The summed E-state index contributed by atoms with van der Waals surface area (Å²) >= 11 is 0. The summed E-state index contributed by atoms with van der Waals surface area (Å²) in [4.78, 5) is 4.61. The Hall–Kier alpha value is -0.830. The van der Waals surface area contributed by atoms with E-state index in [1.165, 1.54) is 44.3 Å². The number of rotatable bonds is 7. The first-order valence-corrected chi connectivity index (χ1v) is 8.43. The zero-order valence-corrected chi connectivity index (χ0v) is 13.5. The molecule has 1 unspecified atom stereocenters. The molecule has 0 aliphatic heterocycles. The first-order chi connectivity index (χ1) is 9.69. The summed E-state index contributed by atoms with van der Waals surface area (Å²) in [6, 6.07) is 0.561. The standard InChI is InChI=1S/C17H31N3/c1-4-12-20-13-11-19-16(20)14-15(18-5-2)17(3)9-7-6-8-10-17/h11,13,15,18H,4-10,12,14H2,1-3H3. The summed E-state index contributed by atoms with van der Waals surface area (Å²) in [5.41, 5.74) is 0.442. The molecule has 1 fully saturated rings. The highest BCUT2D eigenvalue weighted by Crippen LogP contribution is 2.39. The molecule has 1 heterocycles. The maximum atomic E-state index is 4.61. The van der Waals surface area contributed by atoms with Crippen LogP contribution in [0.5, 0.6) is 0 Å². The predicted molar refractivity (Wildman–Crippen MR) is 84.9 cm³/mol. The molecule has 3 heteroatoms. The average molecular weight is 277 g/mol. The normalized spacial score (nSPS) is 19.9. The van der Waals surface area contributed by atoms with Crippen molar-refractivity contribution in [2.75, 3.05) is 6.54 Å². The van der Waals surface area contributed by atoms with E-state index in [1.54, 1.807) is 0 Å². The van der Waals surface area contributed by atoms with Crippen LogP contribution in [0.1, 0.15) is 65.1 Å². The molecule has 0 aromatic carbocycles. The lowest BCUT2D eigenvalue weighted by atomic mass is 9.69. The van der Waals surface area contributed by atoms with Crippen molar-refractivity contribution in [3.05, 3.63) is 18.2 Å². The highest BCUT2D eigenvalue weighted by molar-refractivity contribution is 5.00. The van der Waals surface area contributed by atoms with E-state index in [4.69, 9.17) is 0 Å². The number of nitrogens with one attached hydrogen (secondary N) is 1. The lowest BCUT2D eigenvalue weighted by molar-refractivity contribution is 0.142. The van der Waals surface area contributed by atoms with Crippen molar-refractivity contribution in [3.63, 3.8) is 0 Å². The summed E-state index contributed by atoms with van der Waals surface area (Å²) in [6.45, 7) is 9.07. The van der Waals surface area contributed by atoms with Gasteiger partial charge in [-0.3, -0.25) is 0 Å². The molecule has 1 atom stereocenters. The molecule has 1 saturated carbocycles. The Morgan fingerprint density at radius 2 is 2.05 bits per heavy atom. The first kappa shape index (κ1) is 15.6. The van der Waals surface area contributed by atoms with Crippen molar-refractivity contribution in [3.8, 4) is 0 Å². The average Bonchev–Trinajstić information content (AvgIpc) is 2.87. The predicted octanol–water partition coefficient (Wildman–Crippen LogP) is 3.78. The minimum atomic E-state index is 0.442. The minimum absolute atomic E-state index is 0.442. The van der Waals surface area contributed by atoms with Crippen LogP contribution >= 0.6 is 0 Å². The Kier molecular flexibility index (Phi) is 5.64. The monoisotopic (exact) mass is 277 g/mol. The lowest BCUT2D eigenvalue weighted by Crippen LogP contribution is -2.46. The smallest absolute Gasteiger partial charge is 0.110 e. The van der Waals surface area contributed by atoms with Gasteiger partial charge in [-0.2, -0.15) is 0 Å². The van der Waals surface area contributed by atoms with E-state index < -0.39 is 0 Å². The van der Waals surface area contributed by atoms with Crippen LogP contribution in [0.2, 0.25) is 0 Å². The molecule has 114 valence electrons. The van der Waals surface area contributed by atoms with E-state index in [0.717, 1.165) is 19.5 Å². The maximum absolute atomic E-state index is 4.61. The van der Waals surface area contributed by atoms with Crippen LogP contribution in [0.3, 0.4) is 0 Å². The van der Waals surface area contributed by atoms with Gasteiger partial charge in [0.15, 0.2) is 0 Å². The van der Waals surface area contributed by atoms with E-state index in [2.05, 4.69) is 41.8 Å². The fraction of sp³-hybridized carbons (Fsp3) is 0.824. The maximum Gasteiger partial charge on any atom is 0.110 e. The topological polar surface area (TPSA) is 29.9 Å². The largest absolute Gasteiger partial charge is 0.335 e. The molecule has 0 saturated heterocycles. The van der Waals surface area contributed by atoms with Gasteiger partial charge in [-0.1, -0.05) is 40.0 Å². The second-order valence-corrected chi connectivity index (χ2v) is 6.57. The lowest BCUT2D eigenvalue weighted by Gasteiger charge is -2.41. The molecule has 0 radical (unpaired) electrons. The molecule has 20 heavy (non-hydrogen) atoms. The molecule has 1 N–H and O–H groups in total. The van der Waals surface area contributed by atoms with E-state index >= 15 is 0 Å². The third kappa shape index (κ3) is 3.63. The van der Waals surface area contributed by atoms with Gasteiger partial charge in [0.25, 0.3) is 0 Å². The molecule has 1 aromatic rings. The minimum Gasteiger partial charge on any atom is -0.335 e. The highest BCUT2D eigenvalue weighted by atomic mass is 15.1. The van der Waals surface area contributed by atoms with Crippen molar-refractivity contribution < 1.29 is 0 Å². The fourth-order valence-electron chi connectivity index (χ4n) is 3.68. The Balaban J connectivity index is 2.10. The highest BCUT2D eigenvalue weighted by Gasteiger charge is 2.35.